The van der Waals surface area contributed by atoms with Gasteiger partial charge in [-0.15, -0.1) is 26.3 Å². The van der Waals surface area contributed by atoms with Crippen molar-refractivity contribution in [3.8, 4) is 5.75 Å². The maximum atomic E-state index is 14.3. The summed E-state index contributed by atoms with van der Waals surface area (Å²) in [7, 11) is 1.97. The minimum absolute atomic E-state index is 0.0391. The highest BCUT2D eigenvalue weighted by atomic mass is 35.5. The molecule has 1 fully saturated rings. The van der Waals surface area contributed by atoms with E-state index in [1.807, 2.05) is 26.8 Å². The number of nitrogens with zero attached hydrogens (tertiary/aromatic N) is 3. The number of amidine groups is 1. The van der Waals surface area contributed by atoms with Gasteiger partial charge in [-0.2, -0.15) is 13.2 Å². The second-order valence-electron chi connectivity index (χ2n) is 11.8. The number of hydrogen-bond donors (Lipinski definition) is 1. The van der Waals surface area contributed by atoms with Crippen molar-refractivity contribution in [3.63, 3.8) is 0 Å². The van der Waals surface area contributed by atoms with E-state index >= 15 is 0 Å². The van der Waals surface area contributed by atoms with E-state index in [1.54, 1.807) is 36.1 Å². The van der Waals surface area contributed by atoms with Crippen LogP contribution in [0, 0.1) is 11.7 Å². The largest absolute Gasteiger partial charge is 0.493 e. The number of piperidine rings is 1. The van der Waals surface area contributed by atoms with Gasteiger partial charge in [0.1, 0.15) is 30.2 Å². The number of benzene rings is 2. The van der Waals surface area contributed by atoms with Crippen LogP contribution in [0.2, 0.25) is 0 Å². The molecule has 0 radical (unpaired) electrons. The summed E-state index contributed by atoms with van der Waals surface area (Å²) in [5, 5.41) is 3.34. The van der Waals surface area contributed by atoms with Crippen LogP contribution in [-0.4, -0.2) is 67.8 Å². The van der Waals surface area contributed by atoms with E-state index in [-0.39, 0.29) is 34.8 Å². The van der Waals surface area contributed by atoms with Crippen molar-refractivity contribution in [3.05, 3.63) is 127 Å². The standard InChI is InChI=1S/C31H32ClF4N3O2.C5H13N.2C2H4.CH2O/c1-4-21(10-9-20(3)32)28-27(22-11-14-24(33)15-12-22)37-29(39(28)30(40)38-17-7-6-8-18-38)25-16-13-23(31(34,35)36)19-26(25)41-5-2;1-5(2)4-6-3;3*1-2/h4,9-16,19,27-28H,3,5-8,17-18H2,1-2H3;5-6H,4H2,1-3H3;2*1-2H2;1H2/b10-9-,21-4+;;;;. The van der Waals surface area contributed by atoms with Crippen LogP contribution in [0.5, 0.6) is 5.75 Å². The molecule has 7 nitrogen and oxygen atoms in total. The molecular formula is C41H55ClF4N4O3. The van der Waals surface area contributed by atoms with Crippen LogP contribution in [0.1, 0.15) is 69.7 Å². The molecule has 0 aliphatic carbocycles. The number of carbonyl (C=O) groups is 2. The van der Waals surface area contributed by atoms with Gasteiger partial charge in [0.05, 0.1) is 23.8 Å². The summed E-state index contributed by atoms with van der Waals surface area (Å²) in [6, 6.07) is 7.26. The molecule has 1 saturated heterocycles. The van der Waals surface area contributed by atoms with Gasteiger partial charge in [0.25, 0.3) is 0 Å². The Morgan fingerprint density at radius 2 is 1.62 bits per heavy atom. The molecular weight excluding hydrogens is 708 g/mol. The van der Waals surface area contributed by atoms with Gasteiger partial charge in [0, 0.05) is 18.1 Å². The molecule has 2 aliphatic heterocycles. The molecule has 1 N–H and O–H groups in total. The molecule has 2 aromatic carbocycles. The van der Waals surface area contributed by atoms with Crippen LogP contribution in [-0.2, 0) is 11.0 Å². The van der Waals surface area contributed by atoms with E-state index in [1.165, 1.54) is 23.1 Å². The Hall–Kier alpha value is -4.48. The average molecular weight is 763 g/mol. The number of hydrogen-bond acceptors (Lipinski definition) is 5. The Morgan fingerprint density at radius 1 is 1.04 bits per heavy atom. The lowest BCUT2D eigenvalue weighted by Crippen LogP contribution is -2.51. The first kappa shape index (κ1) is 48.5. The Bertz CT molecular complexity index is 1500. The Kier molecular flexibility index (Phi) is 23.3. The minimum atomic E-state index is -4.59. The van der Waals surface area contributed by atoms with Crippen molar-refractivity contribution >= 4 is 30.3 Å². The molecule has 0 bridgehead atoms. The predicted octanol–water partition coefficient (Wildman–Crippen LogP) is 10.6. The lowest BCUT2D eigenvalue weighted by Gasteiger charge is -2.36. The highest BCUT2D eigenvalue weighted by Gasteiger charge is 2.45. The first-order valence-electron chi connectivity index (χ1n) is 17.2. The molecule has 2 unspecified atom stereocenters. The zero-order valence-corrected chi connectivity index (χ0v) is 32.4. The molecule has 53 heavy (non-hydrogen) atoms. The van der Waals surface area contributed by atoms with Crippen LogP contribution in [0.25, 0.3) is 0 Å². The van der Waals surface area contributed by atoms with Crippen molar-refractivity contribution in [2.45, 2.75) is 65.2 Å². The molecule has 2 heterocycles. The van der Waals surface area contributed by atoms with Gasteiger partial charge in [-0.1, -0.05) is 56.3 Å². The van der Waals surface area contributed by atoms with Crippen LogP contribution >= 0.6 is 11.6 Å². The number of allylic oxidation sites excluding steroid dienone is 3. The summed E-state index contributed by atoms with van der Waals surface area (Å²) in [4.78, 5) is 30.5. The number of alkyl halides is 3. The highest BCUT2D eigenvalue weighted by Crippen LogP contribution is 2.41. The van der Waals surface area contributed by atoms with Crippen LogP contribution in [0.3, 0.4) is 0 Å². The number of halogens is 5. The zero-order chi connectivity index (χ0) is 40.7. The summed E-state index contributed by atoms with van der Waals surface area (Å²) < 4.78 is 60.5. The summed E-state index contributed by atoms with van der Waals surface area (Å²) in [6.45, 7) is 27.9. The van der Waals surface area contributed by atoms with E-state index in [0.717, 1.165) is 43.9 Å². The summed E-state index contributed by atoms with van der Waals surface area (Å²) in [6.07, 6.45) is 3.25. The minimum Gasteiger partial charge on any atom is -0.493 e. The maximum absolute atomic E-state index is 14.3. The van der Waals surface area contributed by atoms with Crippen LogP contribution < -0.4 is 10.1 Å². The molecule has 2 aromatic rings. The molecule has 292 valence electrons. The molecule has 0 aromatic heterocycles. The summed E-state index contributed by atoms with van der Waals surface area (Å²) in [5.74, 6) is 0.493. The van der Waals surface area contributed by atoms with Gasteiger partial charge in [0.2, 0.25) is 0 Å². The third-order valence-electron chi connectivity index (χ3n) is 7.70. The van der Waals surface area contributed by atoms with Crippen molar-refractivity contribution in [1.82, 2.24) is 15.1 Å². The van der Waals surface area contributed by atoms with Gasteiger partial charge in [-0.05, 0) is 100 Å². The fourth-order valence-corrected chi connectivity index (χ4v) is 5.61. The molecule has 2 atom stereocenters. The Balaban J connectivity index is 0.00000199. The fourth-order valence-electron chi connectivity index (χ4n) is 5.55. The molecule has 12 heteroatoms. The molecule has 0 spiro atoms. The van der Waals surface area contributed by atoms with E-state index in [0.29, 0.717) is 24.2 Å². The van der Waals surface area contributed by atoms with Gasteiger partial charge >= 0.3 is 12.2 Å². The van der Waals surface area contributed by atoms with Gasteiger partial charge in [0.15, 0.2) is 0 Å². The smallest absolute Gasteiger partial charge is 0.416 e. The van der Waals surface area contributed by atoms with E-state index in [2.05, 4.69) is 52.1 Å². The summed E-state index contributed by atoms with van der Waals surface area (Å²) in [5.41, 5.74) is 0.683. The zero-order valence-electron chi connectivity index (χ0n) is 31.7. The normalized spacial score (nSPS) is 16.8. The number of rotatable bonds is 9. The van der Waals surface area contributed by atoms with Crippen molar-refractivity contribution in [2.24, 2.45) is 10.9 Å². The molecule has 2 aliphatic rings. The van der Waals surface area contributed by atoms with E-state index in [9.17, 15) is 22.4 Å². The van der Waals surface area contributed by atoms with E-state index in [4.69, 9.17) is 26.1 Å². The maximum Gasteiger partial charge on any atom is 0.416 e. The highest BCUT2D eigenvalue weighted by molar-refractivity contribution is 6.30. The monoisotopic (exact) mass is 762 g/mol. The number of aliphatic imine (C=N–C) groups is 1. The first-order chi connectivity index (χ1) is 25.3. The summed E-state index contributed by atoms with van der Waals surface area (Å²) >= 11 is 6.03. The van der Waals surface area contributed by atoms with Gasteiger partial charge in [-0.25, -0.2) is 9.18 Å². The van der Waals surface area contributed by atoms with Crippen molar-refractivity contribution in [2.75, 3.05) is 33.3 Å². The number of nitrogens with one attached hydrogen (secondary N) is 1. The number of likely N-dealkylation sites (tertiary alicyclic amines) is 1. The molecule has 2 amide bonds. The number of amides is 2. The van der Waals surface area contributed by atoms with Gasteiger partial charge in [-0.3, -0.25) is 9.89 Å². The lowest BCUT2D eigenvalue weighted by atomic mass is 9.92. The van der Waals surface area contributed by atoms with E-state index < -0.39 is 29.6 Å². The second-order valence-corrected chi connectivity index (χ2v) is 12.2. The number of ether oxygens (including phenoxy) is 1. The Labute approximate surface area is 318 Å². The predicted molar refractivity (Wildman–Crippen MR) is 211 cm³/mol. The quantitative estimate of drug-likeness (QED) is 0.157. The fraction of sp³-hybridized carbons (Fsp3) is 0.390. The average Bonchev–Trinajstić information content (AvgIpc) is 3.54. The SMILES string of the molecule is C=C.C=C.C=C(Cl)/C=C\C(=C/C)C1C(c2ccc(F)cc2)N=C(c2ccc(C(F)(F)F)cc2OCC)N1C(=O)N1CCCCC1.C=O.CNCC(C)C. The lowest BCUT2D eigenvalue weighted by molar-refractivity contribution is -0.137. The van der Waals surface area contributed by atoms with Crippen LogP contribution in [0.15, 0.2) is 109 Å². The second kappa shape index (κ2) is 25.5. The number of urea groups is 1. The number of carbonyl (C=O) groups excluding carboxylic acids is 2. The first-order valence-corrected chi connectivity index (χ1v) is 17.6. The third kappa shape index (κ3) is 14.8. The van der Waals surface area contributed by atoms with Crippen molar-refractivity contribution in [1.29, 1.82) is 0 Å². The van der Waals surface area contributed by atoms with Gasteiger partial charge < -0.3 is 19.7 Å². The molecule has 4 rings (SSSR count). The topological polar surface area (TPSA) is 74.2 Å². The molecule has 0 saturated carbocycles. The van der Waals surface area contributed by atoms with Crippen LogP contribution in [0.4, 0.5) is 22.4 Å². The van der Waals surface area contributed by atoms with Crippen molar-refractivity contribution < 1.29 is 31.9 Å². The Morgan fingerprint density at radius 3 is 2.08 bits per heavy atom. The third-order valence-corrected chi connectivity index (χ3v) is 7.83.